The smallest absolute Gasteiger partial charge is 0.278 e. The number of nitrogens with one attached hydrogen (secondary N) is 1. The van der Waals surface area contributed by atoms with Crippen molar-refractivity contribution in [2.24, 2.45) is 0 Å². The molecular weight excluding hydrogens is 392 g/mol. The largest absolute Gasteiger partial charge is 0.467 e. The first-order valence-corrected chi connectivity index (χ1v) is 11.0. The van der Waals surface area contributed by atoms with Crippen LogP contribution in [0.4, 0.5) is 0 Å². The molecule has 8 nitrogen and oxygen atoms in total. The summed E-state index contributed by atoms with van der Waals surface area (Å²) in [6, 6.07) is 14.0. The second-order valence-electron chi connectivity index (χ2n) is 6.95. The molecule has 9 heteroatoms. The van der Waals surface area contributed by atoms with Gasteiger partial charge in [0.25, 0.3) is 5.91 Å². The van der Waals surface area contributed by atoms with Gasteiger partial charge in [0.1, 0.15) is 5.76 Å². The monoisotopic (exact) mass is 417 g/mol. The van der Waals surface area contributed by atoms with Crippen LogP contribution in [0.3, 0.4) is 0 Å². The van der Waals surface area contributed by atoms with Crippen LogP contribution >= 0.6 is 0 Å². The third-order valence-electron chi connectivity index (χ3n) is 4.98. The number of carbonyl (C=O) groups is 1. The van der Waals surface area contributed by atoms with Crippen LogP contribution in [0, 0.1) is 11.3 Å². The first-order valence-electron chi connectivity index (χ1n) is 9.56. The van der Waals surface area contributed by atoms with Gasteiger partial charge in [-0.1, -0.05) is 18.2 Å². The topological polar surface area (TPSA) is 99.1 Å². The molecule has 0 atom stereocenters. The number of furan rings is 1. The Hall–Kier alpha value is -2.67. The molecule has 1 aromatic heterocycles. The minimum atomic E-state index is -3.50. The summed E-state index contributed by atoms with van der Waals surface area (Å²) < 4.78 is 32.2. The van der Waals surface area contributed by atoms with Gasteiger partial charge in [-0.25, -0.2) is 8.42 Å². The van der Waals surface area contributed by atoms with Crippen LogP contribution in [0.15, 0.2) is 58.0 Å². The Kier molecular flexibility index (Phi) is 7.04. The SMILES string of the molecule is N#CCCN(Cc1ccco1)C(=O)C[NH+]1CCN(S(=O)(=O)c2ccccc2)CC1. The lowest BCUT2D eigenvalue weighted by atomic mass is 10.3. The Labute approximate surface area is 171 Å². The zero-order chi connectivity index (χ0) is 20.7. The summed E-state index contributed by atoms with van der Waals surface area (Å²) in [5.74, 6) is 0.607. The van der Waals surface area contributed by atoms with E-state index in [1.165, 1.54) is 4.31 Å². The molecule has 0 unspecified atom stereocenters. The maximum atomic E-state index is 12.8. The van der Waals surface area contributed by atoms with Gasteiger partial charge in [0, 0.05) is 6.54 Å². The van der Waals surface area contributed by atoms with Crippen LogP contribution in [0.1, 0.15) is 12.2 Å². The van der Waals surface area contributed by atoms with Crippen molar-refractivity contribution >= 4 is 15.9 Å². The van der Waals surface area contributed by atoms with E-state index >= 15 is 0 Å². The summed E-state index contributed by atoms with van der Waals surface area (Å²) in [5.41, 5.74) is 0. The van der Waals surface area contributed by atoms with Crippen molar-refractivity contribution in [3.8, 4) is 6.07 Å². The number of rotatable bonds is 8. The van der Waals surface area contributed by atoms with Gasteiger partial charge in [-0.05, 0) is 24.3 Å². The van der Waals surface area contributed by atoms with Gasteiger partial charge in [-0.2, -0.15) is 9.57 Å². The second-order valence-corrected chi connectivity index (χ2v) is 8.88. The van der Waals surface area contributed by atoms with Crippen LogP contribution < -0.4 is 4.90 Å². The molecule has 1 amide bonds. The quantitative estimate of drug-likeness (QED) is 0.657. The van der Waals surface area contributed by atoms with Gasteiger partial charge in [0.05, 0.1) is 56.4 Å². The van der Waals surface area contributed by atoms with E-state index in [2.05, 4.69) is 6.07 Å². The van der Waals surface area contributed by atoms with Gasteiger partial charge < -0.3 is 14.2 Å². The molecule has 1 saturated heterocycles. The summed E-state index contributed by atoms with van der Waals surface area (Å²) in [4.78, 5) is 15.7. The lowest BCUT2D eigenvalue weighted by Gasteiger charge is -2.32. The molecule has 1 N–H and O–H groups in total. The molecule has 1 aliphatic heterocycles. The number of nitrogens with zero attached hydrogens (tertiary/aromatic N) is 3. The van der Waals surface area contributed by atoms with Gasteiger partial charge in [0.15, 0.2) is 6.54 Å². The average Bonchev–Trinajstić information content (AvgIpc) is 3.25. The second kappa shape index (κ2) is 9.69. The lowest BCUT2D eigenvalue weighted by Crippen LogP contribution is -3.15. The lowest BCUT2D eigenvalue weighted by molar-refractivity contribution is -0.896. The number of benzene rings is 1. The van der Waals surface area contributed by atoms with Gasteiger partial charge in [0.2, 0.25) is 10.0 Å². The first kappa shape index (κ1) is 21.0. The first-order chi connectivity index (χ1) is 14.0. The molecule has 2 aromatic rings. The van der Waals surface area contributed by atoms with E-state index in [9.17, 15) is 13.2 Å². The van der Waals surface area contributed by atoms with E-state index in [-0.39, 0.29) is 18.9 Å². The highest BCUT2D eigenvalue weighted by molar-refractivity contribution is 7.89. The van der Waals surface area contributed by atoms with Crippen LogP contribution in [-0.4, -0.2) is 62.8 Å². The Bertz CT molecular complexity index is 931. The normalized spacial score (nSPS) is 15.7. The minimum Gasteiger partial charge on any atom is -0.467 e. The number of hydrogen-bond acceptors (Lipinski definition) is 5. The van der Waals surface area contributed by atoms with Crippen molar-refractivity contribution in [2.75, 3.05) is 39.3 Å². The summed E-state index contributed by atoms with van der Waals surface area (Å²) >= 11 is 0. The third kappa shape index (κ3) is 5.44. The number of amides is 1. The Morgan fingerprint density at radius 2 is 1.90 bits per heavy atom. The van der Waals surface area contributed by atoms with Crippen LogP contribution in [0.25, 0.3) is 0 Å². The van der Waals surface area contributed by atoms with Gasteiger partial charge in [-0.15, -0.1) is 0 Å². The maximum Gasteiger partial charge on any atom is 0.278 e. The molecule has 1 aromatic carbocycles. The number of piperazine rings is 1. The highest BCUT2D eigenvalue weighted by atomic mass is 32.2. The summed E-state index contributed by atoms with van der Waals surface area (Å²) in [5, 5.41) is 8.86. The highest BCUT2D eigenvalue weighted by Crippen LogP contribution is 2.14. The number of hydrogen-bond donors (Lipinski definition) is 1. The Morgan fingerprint density at radius 3 is 2.52 bits per heavy atom. The molecule has 0 aliphatic carbocycles. The molecule has 154 valence electrons. The predicted molar refractivity (Wildman–Crippen MR) is 105 cm³/mol. The highest BCUT2D eigenvalue weighted by Gasteiger charge is 2.31. The van der Waals surface area contributed by atoms with Crippen LogP contribution in [-0.2, 0) is 21.4 Å². The average molecular weight is 418 g/mol. The van der Waals surface area contributed by atoms with Crippen LogP contribution in [0.5, 0.6) is 0 Å². The number of nitriles is 1. The molecule has 0 spiro atoms. The van der Waals surface area contributed by atoms with Crippen molar-refractivity contribution < 1.29 is 22.5 Å². The Balaban J connectivity index is 1.56. The van der Waals surface area contributed by atoms with Crippen LogP contribution in [0.2, 0.25) is 0 Å². The van der Waals surface area contributed by atoms with E-state index in [0.717, 1.165) is 4.90 Å². The van der Waals surface area contributed by atoms with E-state index in [4.69, 9.17) is 9.68 Å². The summed E-state index contributed by atoms with van der Waals surface area (Å²) in [7, 11) is -3.50. The number of sulfonamides is 1. The van der Waals surface area contributed by atoms with E-state index in [1.54, 1.807) is 53.6 Å². The van der Waals surface area contributed by atoms with Gasteiger partial charge >= 0.3 is 0 Å². The van der Waals surface area contributed by atoms with Crippen molar-refractivity contribution in [3.05, 3.63) is 54.5 Å². The van der Waals surface area contributed by atoms with E-state index in [0.29, 0.717) is 49.9 Å². The fourth-order valence-corrected chi connectivity index (χ4v) is 4.82. The molecular formula is C20H25N4O4S+. The zero-order valence-electron chi connectivity index (χ0n) is 16.2. The fourth-order valence-electron chi connectivity index (χ4n) is 3.35. The number of carbonyl (C=O) groups excluding carboxylic acids is 1. The standard InChI is InChI=1S/C20H24N4O4S/c21-9-5-10-23(16-18-6-4-15-28-18)20(25)17-22-11-13-24(14-12-22)29(26,27)19-7-2-1-3-8-19/h1-4,6-8,15H,5,10-14,16-17H2/p+1. The molecule has 3 rings (SSSR count). The van der Waals surface area contributed by atoms with E-state index < -0.39 is 10.0 Å². The van der Waals surface area contributed by atoms with Crippen molar-refractivity contribution in [2.45, 2.75) is 17.9 Å². The summed E-state index contributed by atoms with van der Waals surface area (Å²) in [6.07, 6.45) is 1.81. The molecule has 0 saturated carbocycles. The molecule has 2 heterocycles. The molecule has 0 bridgehead atoms. The van der Waals surface area contributed by atoms with E-state index in [1.807, 2.05) is 0 Å². The molecule has 1 aliphatic rings. The zero-order valence-corrected chi connectivity index (χ0v) is 17.0. The maximum absolute atomic E-state index is 12.8. The fraction of sp³-hybridized carbons (Fsp3) is 0.400. The minimum absolute atomic E-state index is 0.0639. The third-order valence-corrected chi connectivity index (χ3v) is 6.90. The number of quaternary nitrogens is 1. The van der Waals surface area contributed by atoms with Crippen molar-refractivity contribution in [1.29, 1.82) is 5.26 Å². The predicted octanol–water partition coefficient (Wildman–Crippen LogP) is 0.111. The molecule has 1 fully saturated rings. The summed E-state index contributed by atoms with van der Waals surface area (Å²) in [6.45, 7) is 2.81. The van der Waals surface area contributed by atoms with Gasteiger partial charge in [-0.3, -0.25) is 4.79 Å². The van der Waals surface area contributed by atoms with Crippen molar-refractivity contribution in [1.82, 2.24) is 9.21 Å². The molecule has 29 heavy (non-hydrogen) atoms. The molecule has 0 radical (unpaired) electrons. The Morgan fingerprint density at radius 1 is 1.17 bits per heavy atom. The van der Waals surface area contributed by atoms with Crippen molar-refractivity contribution in [3.63, 3.8) is 0 Å².